The Kier molecular flexibility index (Phi) is 4.02. The molecule has 2 aliphatic rings. The number of rotatable bonds is 3. The normalized spacial score (nSPS) is 25.9. The van der Waals surface area contributed by atoms with Crippen LogP contribution in [0.4, 0.5) is 0 Å². The van der Waals surface area contributed by atoms with Gasteiger partial charge in [-0.1, -0.05) is 32.1 Å². The number of amides is 1. The fourth-order valence-corrected chi connectivity index (χ4v) is 2.69. The summed E-state index contributed by atoms with van der Waals surface area (Å²) in [6.07, 6.45) is 7.46. The van der Waals surface area contributed by atoms with Crippen molar-refractivity contribution >= 4 is 11.9 Å². The summed E-state index contributed by atoms with van der Waals surface area (Å²) in [6.45, 7) is 4.09. The molecule has 2 rings (SSSR count). The lowest BCUT2D eigenvalue weighted by atomic mass is 9.85. The van der Waals surface area contributed by atoms with E-state index >= 15 is 0 Å². The van der Waals surface area contributed by atoms with Crippen molar-refractivity contribution < 1.29 is 4.79 Å². The summed E-state index contributed by atoms with van der Waals surface area (Å²) in [5.74, 6) is 1.42. The van der Waals surface area contributed by atoms with Gasteiger partial charge in [0.05, 0.1) is 0 Å². The van der Waals surface area contributed by atoms with E-state index in [1.807, 2.05) is 13.8 Å². The highest BCUT2D eigenvalue weighted by molar-refractivity contribution is 6.04. The molecule has 1 saturated carbocycles. The minimum absolute atomic E-state index is 0.0683. The fraction of sp³-hybridized carbons (Fsp3) is 0.846. The molecule has 1 fully saturated rings. The van der Waals surface area contributed by atoms with E-state index in [4.69, 9.17) is 0 Å². The molecule has 96 valence electrons. The molecule has 0 saturated heterocycles. The van der Waals surface area contributed by atoms with Gasteiger partial charge in [-0.2, -0.15) is 0 Å². The lowest BCUT2D eigenvalue weighted by molar-refractivity contribution is -0.120. The molecule has 0 aromatic heterocycles. The zero-order chi connectivity index (χ0) is 12.3. The number of carbonyl (C=O) groups excluding carboxylic acids is 1. The fourth-order valence-electron chi connectivity index (χ4n) is 2.69. The average Bonchev–Trinajstić information content (AvgIpc) is 2.59. The number of nitrogens with zero attached hydrogens (tertiary/aromatic N) is 1. The first-order valence-electron chi connectivity index (χ1n) is 6.80. The number of nitrogens with one attached hydrogen (secondary N) is 2. The topological polar surface area (TPSA) is 53.5 Å². The van der Waals surface area contributed by atoms with Gasteiger partial charge in [-0.25, -0.2) is 4.99 Å². The summed E-state index contributed by atoms with van der Waals surface area (Å²) in [5.41, 5.74) is 0. The van der Waals surface area contributed by atoms with Crippen LogP contribution < -0.4 is 10.6 Å². The van der Waals surface area contributed by atoms with Gasteiger partial charge < -0.3 is 5.32 Å². The van der Waals surface area contributed by atoms with Crippen LogP contribution in [0.2, 0.25) is 0 Å². The van der Waals surface area contributed by atoms with Gasteiger partial charge in [0.1, 0.15) is 6.04 Å². The molecule has 1 heterocycles. The molecule has 0 bridgehead atoms. The first kappa shape index (κ1) is 12.4. The number of carbonyl (C=O) groups is 1. The lowest BCUT2D eigenvalue weighted by Gasteiger charge is -2.22. The van der Waals surface area contributed by atoms with E-state index in [-0.39, 0.29) is 11.9 Å². The molecule has 0 aromatic rings. The summed E-state index contributed by atoms with van der Waals surface area (Å²) in [4.78, 5) is 16.2. The van der Waals surface area contributed by atoms with Crippen molar-refractivity contribution in [2.45, 2.75) is 64.5 Å². The van der Waals surface area contributed by atoms with E-state index in [2.05, 4.69) is 15.6 Å². The zero-order valence-corrected chi connectivity index (χ0v) is 10.8. The highest BCUT2D eigenvalue weighted by Gasteiger charge is 2.29. The second-order valence-corrected chi connectivity index (χ2v) is 5.52. The highest BCUT2D eigenvalue weighted by Crippen LogP contribution is 2.28. The van der Waals surface area contributed by atoms with E-state index in [1.165, 1.54) is 32.1 Å². The Labute approximate surface area is 103 Å². The standard InChI is InChI=1S/C13H23N3O/c1-9(2)14-13-15-11(12(17)16-13)8-10-6-4-3-5-7-10/h9-11H,3-8H2,1-2H3,(H2,14,15,16,17). The lowest BCUT2D eigenvalue weighted by Crippen LogP contribution is -2.40. The minimum atomic E-state index is -0.153. The van der Waals surface area contributed by atoms with Crippen LogP contribution in [0, 0.1) is 5.92 Å². The van der Waals surface area contributed by atoms with Crippen molar-refractivity contribution in [2.24, 2.45) is 10.9 Å². The third-order valence-electron chi connectivity index (χ3n) is 3.54. The Morgan fingerprint density at radius 1 is 1.35 bits per heavy atom. The summed E-state index contributed by atoms with van der Waals surface area (Å²) < 4.78 is 0. The van der Waals surface area contributed by atoms with E-state index in [9.17, 15) is 4.79 Å². The molecule has 1 unspecified atom stereocenters. The SMILES string of the molecule is CC(C)NC1=NC(CC2CCCCC2)C(=O)N1. The van der Waals surface area contributed by atoms with Crippen LogP contribution in [0.25, 0.3) is 0 Å². The maximum atomic E-state index is 11.8. The van der Waals surface area contributed by atoms with Crippen molar-refractivity contribution in [2.75, 3.05) is 0 Å². The zero-order valence-electron chi connectivity index (χ0n) is 10.8. The Hall–Kier alpha value is -1.06. The Bertz CT molecular complexity index is 306. The van der Waals surface area contributed by atoms with Crippen molar-refractivity contribution in [1.82, 2.24) is 10.6 Å². The molecule has 1 amide bonds. The van der Waals surface area contributed by atoms with Crippen LogP contribution in [-0.4, -0.2) is 24.0 Å². The minimum Gasteiger partial charge on any atom is -0.354 e. The average molecular weight is 237 g/mol. The largest absolute Gasteiger partial charge is 0.354 e. The molecule has 4 nitrogen and oxygen atoms in total. The van der Waals surface area contributed by atoms with Crippen LogP contribution in [0.5, 0.6) is 0 Å². The second kappa shape index (κ2) is 5.52. The van der Waals surface area contributed by atoms with Gasteiger partial charge in [0.25, 0.3) is 5.91 Å². The van der Waals surface area contributed by atoms with Gasteiger partial charge in [-0.05, 0) is 26.2 Å². The molecule has 0 radical (unpaired) electrons. The molecule has 1 aliphatic carbocycles. The first-order chi connectivity index (χ1) is 8.15. The van der Waals surface area contributed by atoms with Crippen LogP contribution in [0.3, 0.4) is 0 Å². The number of guanidine groups is 1. The Balaban J connectivity index is 1.87. The predicted octanol–water partition coefficient (Wildman–Crippen LogP) is 1.81. The molecule has 0 aromatic carbocycles. The van der Waals surface area contributed by atoms with E-state index in [0.717, 1.165) is 6.42 Å². The van der Waals surface area contributed by atoms with Gasteiger partial charge in [-0.15, -0.1) is 0 Å². The van der Waals surface area contributed by atoms with E-state index in [0.29, 0.717) is 17.9 Å². The van der Waals surface area contributed by atoms with Gasteiger partial charge in [0.2, 0.25) is 0 Å². The van der Waals surface area contributed by atoms with Crippen molar-refractivity contribution in [3.63, 3.8) is 0 Å². The summed E-state index contributed by atoms with van der Waals surface area (Å²) in [5, 5.41) is 5.98. The van der Waals surface area contributed by atoms with Crippen LogP contribution in [0.15, 0.2) is 4.99 Å². The monoisotopic (exact) mass is 237 g/mol. The Morgan fingerprint density at radius 2 is 2.06 bits per heavy atom. The second-order valence-electron chi connectivity index (χ2n) is 5.52. The molecule has 17 heavy (non-hydrogen) atoms. The predicted molar refractivity (Wildman–Crippen MR) is 68.8 cm³/mol. The third-order valence-corrected chi connectivity index (χ3v) is 3.54. The van der Waals surface area contributed by atoms with Crippen LogP contribution in [0.1, 0.15) is 52.4 Å². The van der Waals surface area contributed by atoms with Gasteiger partial charge in [-0.3, -0.25) is 10.1 Å². The number of aliphatic imine (C=N–C) groups is 1. The smallest absolute Gasteiger partial charge is 0.251 e. The molecular formula is C13H23N3O. The molecule has 4 heteroatoms. The molecular weight excluding hydrogens is 214 g/mol. The quantitative estimate of drug-likeness (QED) is 0.786. The van der Waals surface area contributed by atoms with Crippen molar-refractivity contribution in [3.05, 3.63) is 0 Å². The van der Waals surface area contributed by atoms with Gasteiger partial charge >= 0.3 is 0 Å². The summed E-state index contributed by atoms with van der Waals surface area (Å²) >= 11 is 0. The maximum Gasteiger partial charge on any atom is 0.251 e. The number of hydrogen-bond donors (Lipinski definition) is 2. The summed E-state index contributed by atoms with van der Waals surface area (Å²) in [7, 11) is 0. The van der Waals surface area contributed by atoms with E-state index in [1.54, 1.807) is 0 Å². The molecule has 2 N–H and O–H groups in total. The van der Waals surface area contributed by atoms with E-state index < -0.39 is 0 Å². The maximum absolute atomic E-state index is 11.8. The molecule has 1 aliphatic heterocycles. The van der Waals surface area contributed by atoms with Crippen molar-refractivity contribution in [1.29, 1.82) is 0 Å². The van der Waals surface area contributed by atoms with Gasteiger partial charge in [0, 0.05) is 6.04 Å². The highest BCUT2D eigenvalue weighted by atomic mass is 16.2. The first-order valence-corrected chi connectivity index (χ1v) is 6.80. The van der Waals surface area contributed by atoms with Gasteiger partial charge in [0.15, 0.2) is 5.96 Å². The third kappa shape index (κ3) is 3.45. The van der Waals surface area contributed by atoms with Crippen molar-refractivity contribution in [3.8, 4) is 0 Å². The number of hydrogen-bond acceptors (Lipinski definition) is 3. The molecule has 1 atom stereocenters. The molecule has 0 spiro atoms. The Morgan fingerprint density at radius 3 is 2.71 bits per heavy atom. The summed E-state index contributed by atoms with van der Waals surface area (Å²) in [6, 6.07) is 0.154. The van der Waals surface area contributed by atoms with Crippen LogP contribution in [-0.2, 0) is 4.79 Å². The van der Waals surface area contributed by atoms with Crippen LogP contribution >= 0.6 is 0 Å².